The number of para-hydroxylation sites is 1. The molecule has 1 aliphatic heterocycles. The molecule has 1 fully saturated rings. The first-order valence-corrected chi connectivity index (χ1v) is 8.89. The van der Waals surface area contributed by atoms with E-state index in [0.717, 1.165) is 24.1 Å². The van der Waals surface area contributed by atoms with E-state index in [2.05, 4.69) is 15.3 Å². The van der Waals surface area contributed by atoms with Crippen LogP contribution in [0.2, 0.25) is 0 Å². The van der Waals surface area contributed by atoms with Crippen LogP contribution in [0.5, 0.6) is 0 Å². The van der Waals surface area contributed by atoms with E-state index < -0.39 is 0 Å². The summed E-state index contributed by atoms with van der Waals surface area (Å²) in [6.45, 7) is 2.18. The van der Waals surface area contributed by atoms with Gasteiger partial charge in [0.25, 0.3) is 5.91 Å². The normalized spacial score (nSPS) is 17.1. The Balaban J connectivity index is 1.57. The molecule has 0 spiro atoms. The predicted molar refractivity (Wildman–Crippen MR) is 100 cm³/mol. The molecule has 7 heteroatoms. The number of piperidine rings is 1. The molecule has 4 rings (SSSR count). The Bertz CT molecular complexity index is 966. The number of nitrogens with zero attached hydrogens (tertiary/aromatic N) is 5. The molecule has 0 N–H and O–H groups in total. The average Bonchev–Trinajstić information content (AvgIpc) is 3.19. The van der Waals surface area contributed by atoms with Gasteiger partial charge in [0.05, 0.1) is 6.20 Å². The fourth-order valence-corrected chi connectivity index (χ4v) is 3.28. The number of benzene rings is 1. The van der Waals surface area contributed by atoms with Gasteiger partial charge in [-0.05, 0) is 37.1 Å². The molecule has 1 aromatic carbocycles. The van der Waals surface area contributed by atoms with E-state index in [1.165, 1.54) is 6.92 Å². The van der Waals surface area contributed by atoms with Gasteiger partial charge in [-0.3, -0.25) is 14.6 Å². The summed E-state index contributed by atoms with van der Waals surface area (Å²) < 4.78 is 1.63. The second-order valence-electron chi connectivity index (χ2n) is 6.56. The van der Waals surface area contributed by atoms with Crippen molar-refractivity contribution in [2.24, 2.45) is 0 Å². The van der Waals surface area contributed by atoms with Crippen molar-refractivity contribution >= 4 is 17.4 Å². The van der Waals surface area contributed by atoms with Crippen molar-refractivity contribution < 1.29 is 9.59 Å². The third-order valence-electron chi connectivity index (χ3n) is 4.73. The van der Waals surface area contributed by atoms with Gasteiger partial charge in [0.15, 0.2) is 5.78 Å². The smallest absolute Gasteiger partial charge is 0.251 e. The minimum atomic E-state index is -0.371. The number of carbonyl (C=O) groups excluding carboxylic acids is 2. The Labute approximate surface area is 156 Å². The van der Waals surface area contributed by atoms with Crippen molar-refractivity contribution in [3.05, 3.63) is 60.6 Å². The third kappa shape index (κ3) is 3.36. The zero-order valence-electron chi connectivity index (χ0n) is 14.9. The van der Waals surface area contributed by atoms with Gasteiger partial charge in [-0.25, -0.2) is 4.68 Å². The van der Waals surface area contributed by atoms with Crippen LogP contribution in [0.25, 0.3) is 11.3 Å². The summed E-state index contributed by atoms with van der Waals surface area (Å²) in [5.74, 6) is -0.0621. The minimum absolute atomic E-state index is 0.0222. The summed E-state index contributed by atoms with van der Waals surface area (Å²) in [5.41, 5.74) is 2.69. The predicted octanol–water partition coefficient (Wildman–Crippen LogP) is 2.91. The number of amides is 1. The number of carbonyl (C=O) groups is 2. The summed E-state index contributed by atoms with van der Waals surface area (Å²) >= 11 is 0. The lowest BCUT2D eigenvalue weighted by atomic mass is 10.0. The van der Waals surface area contributed by atoms with Gasteiger partial charge in [-0.2, -0.15) is 0 Å². The molecule has 0 aliphatic carbocycles. The van der Waals surface area contributed by atoms with E-state index in [-0.39, 0.29) is 17.7 Å². The maximum atomic E-state index is 13.0. The van der Waals surface area contributed by atoms with Gasteiger partial charge >= 0.3 is 0 Å². The first-order chi connectivity index (χ1) is 13.1. The number of pyridine rings is 1. The van der Waals surface area contributed by atoms with E-state index in [0.29, 0.717) is 17.9 Å². The maximum absolute atomic E-state index is 13.0. The highest BCUT2D eigenvalue weighted by molar-refractivity contribution is 5.96. The number of hydrogen-bond donors (Lipinski definition) is 0. The Morgan fingerprint density at radius 3 is 2.67 bits per heavy atom. The lowest BCUT2D eigenvalue weighted by molar-refractivity contribution is -0.123. The van der Waals surface area contributed by atoms with Crippen LogP contribution in [0.15, 0.2) is 54.9 Å². The van der Waals surface area contributed by atoms with Crippen molar-refractivity contribution in [1.29, 1.82) is 0 Å². The van der Waals surface area contributed by atoms with E-state index in [1.54, 1.807) is 34.1 Å². The molecule has 3 heterocycles. The molecular weight excluding hydrogens is 342 g/mol. The molecule has 1 aliphatic rings. The highest BCUT2D eigenvalue weighted by Gasteiger charge is 2.31. The minimum Gasteiger partial charge on any atom is -0.311 e. The zero-order valence-corrected chi connectivity index (χ0v) is 14.9. The topological polar surface area (TPSA) is 81.0 Å². The Kier molecular flexibility index (Phi) is 4.50. The second-order valence-corrected chi connectivity index (χ2v) is 6.56. The lowest BCUT2D eigenvalue weighted by Gasteiger charge is -2.32. The summed E-state index contributed by atoms with van der Waals surface area (Å²) in [6, 6.07) is 12.8. The number of anilines is 1. The fraction of sp³-hybridized carbons (Fsp3) is 0.250. The highest BCUT2D eigenvalue weighted by atomic mass is 16.2. The molecular formula is C20H19N5O2. The van der Waals surface area contributed by atoms with Crippen LogP contribution in [0.4, 0.5) is 5.69 Å². The van der Waals surface area contributed by atoms with Crippen LogP contribution in [0, 0.1) is 0 Å². The lowest BCUT2D eigenvalue weighted by Crippen LogP contribution is -2.42. The van der Waals surface area contributed by atoms with Gasteiger partial charge in [0.1, 0.15) is 17.4 Å². The van der Waals surface area contributed by atoms with Crippen LogP contribution in [0.3, 0.4) is 0 Å². The number of Topliss-reactive ketones (excluding diaryl/α,β-unsaturated/α-hetero) is 1. The van der Waals surface area contributed by atoms with Crippen molar-refractivity contribution in [2.75, 3.05) is 11.4 Å². The largest absolute Gasteiger partial charge is 0.311 e. The van der Waals surface area contributed by atoms with Gasteiger partial charge in [0, 0.05) is 30.9 Å². The molecule has 1 unspecified atom stereocenters. The SMILES string of the molecule is CC(=O)c1ccc(-c2cn(C3CCCN(c4ccccc4)C3=O)nn2)cn1. The van der Waals surface area contributed by atoms with Gasteiger partial charge in [-0.15, -0.1) is 5.10 Å². The molecule has 1 saturated heterocycles. The van der Waals surface area contributed by atoms with E-state index in [9.17, 15) is 9.59 Å². The number of hydrogen-bond acceptors (Lipinski definition) is 5. The van der Waals surface area contributed by atoms with Crippen LogP contribution in [-0.2, 0) is 4.79 Å². The quantitative estimate of drug-likeness (QED) is 0.668. The van der Waals surface area contributed by atoms with Crippen molar-refractivity contribution in [1.82, 2.24) is 20.0 Å². The Hall–Kier alpha value is -3.35. The monoisotopic (exact) mass is 361 g/mol. The summed E-state index contributed by atoms with van der Waals surface area (Å²) in [4.78, 5) is 30.3. The number of ketones is 1. The number of rotatable bonds is 4. The van der Waals surface area contributed by atoms with E-state index >= 15 is 0 Å². The van der Waals surface area contributed by atoms with Crippen LogP contribution >= 0.6 is 0 Å². The molecule has 0 saturated carbocycles. The molecule has 1 amide bonds. The Morgan fingerprint density at radius 2 is 1.96 bits per heavy atom. The number of aromatic nitrogens is 4. The molecule has 1 atom stereocenters. The molecule has 136 valence electrons. The van der Waals surface area contributed by atoms with E-state index in [1.807, 2.05) is 30.3 Å². The summed E-state index contributed by atoms with van der Waals surface area (Å²) in [7, 11) is 0. The van der Waals surface area contributed by atoms with Crippen molar-refractivity contribution in [3.63, 3.8) is 0 Å². The standard InChI is InChI=1S/C20H19N5O2/c1-14(26)17-10-9-15(12-21-17)18-13-25(23-22-18)19-8-5-11-24(20(19)27)16-6-3-2-4-7-16/h2-4,6-7,9-10,12-13,19H,5,8,11H2,1H3. The molecule has 0 radical (unpaired) electrons. The van der Waals surface area contributed by atoms with E-state index in [4.69, 9.17) is 0 Å². The molecule has 27 heavy (non-hydrogen) atoms. The summed E-state index contributed by atoms with van der Waals surface area (Å²) in [5, 5.41) is 8.36. The highest BCUT2D eigenvalue weighted by Crippen LogP contribution is 2.28. The molecule has 0 bridgehead atoms. The molecule has 2 aromatic heterocycles. The second kappa shape index (κ2) is 7.11. The van der Waals surface area contributed by atoms with Crippen LogP contribution < -0.4 is 4.90 Å². The molecule has 3 aromatic rings. The summed E-state index contributed by atoms with van der Waals surface area (Å²) in [6.07, 6.45) is 4.99. The first-order valence-electron chi connectivity index (χ1n) is 8.89. The van der Waals surface area contributed by atoms with Crippen LogP contribution in [-0.4, -0.2) is 38.2 Å². The van der Waals surface area contributed by atoms with Crippen LogP contribution in [0.1, 0.15) is 36.3 Å². The maximum Gasteiger partial charge on any atom is 0.251 e. The van der Waals surface area contributed by atoms with Crippen molar-refractivity contribution in [2.45, 2.75) is 25.8 Å². The van der Waals surface area contributed by atoms with Gasteiger partial charge in [0.2, 0.25) is 0 Å². The van der Waals surface area contributed by atoms with Gasteiger partial charge < -0.3 is 4.90 Å². The Morgan fingerprint density at radius 1 is 1.15 bits per heavy atom. The fourth-order valence-electron chi connectivity index (χ4n) is 3.28. The third-order valence-corrected chi connectivity index (χ3v) is 4.73. The van der Waals surface area contributed by atoms with Crippen molar-refractivity contribution in [3.8, 4) is 11.3 Å². The molecule has 7 nitrogen and oxygen atoms in total. The average molecular weight is 361 g/mol. The first kappa shape index (κ1) is 17.1. The van der Waals surface area contributed by atoms with Gasteiger partial charge in [-0.1, -0.05) is 23.4 Å². The zero-order chi connectivity index (χ0) is 18.8.